The molecule has 4 amide bonds. The number of ether oxygens (including phenoxy) is 1. The van der Waals surface area contributed by atoms with Gasteiger partial charge in [-0.1, -0.05) is 75.6 Å². The summed E-state index contributed by atoms with van der Waals surface area (Å²) in [6.07, 6.45) is 4.89. The molecule has 11 heteroatoms. The molecule has 1 saturated heterocycles. The van der Waals surface area contributed by atoms with Gasteiger partial charge in [0.05, 0.1) is 6.54 Å². The lowest BCUT2D eigenvalue weighted by Crippen LogP contribution is -2.60. The zero-order valence-electron chi connectivity index (χ0n) is 27.4. The van der Waals surface area contributed by atoms with Gasteiger partial charge in [-0.25, -0.2) is 4.79 Å². The third-order valence-corrected chi connectivity index (χ3v) is 9.63. The number of amides is 4. The summed E-state index contributed by atoms with van der Waals surface area (Å²) >= 11 is 0. The Morgan fingerprint density at radius 1 is 0.894 bits per heavy atom. The third-order valence-electron chi connectivity index (χ3n) is 9.63. The standard InChI is InChI=1S/C36H46N4O7/c1-22(2)30(38-33(43)31(37-23(3)41)26-12-8-5-9-13-26)34(44)40-21-28(20-29(40)32(42)39-36(18-19-36)35(45)46)47-27-16-14-25(15-17-27)24-10-6-4-7-11-24/h4,6-7,10-11,14-17,22,26,28-31H,5,8-9,12-13,18-21H2,1-3H3,(H,37,41)(H,38,43)(H,39,42)(H,45,46)/t28-,29+,30+,31+/m1/s1. The van der Waals surface area contributed by atoms with Crippen molar-refractivity contribution in [3.05, 3.63) is 54.6 Å². The molecule has 0 bridgehead atoms. The quantitative estimate of drug-likeness (QED) is 0.275. The molecule has 4 N–H and O–H groups in total. The van der Waals surface area contributed by atoms with Gasteiger partial charge in [-0.15, -0.1) is 0 Å². The minimum absolute atomic E-state index is 0.0299. The van der Waals surface area contributed by atoms with Gasteiger partial charge < -0.3 is 30.7 Å². The Morgan fingerprint density at radius 3 is 2.11 bits per heavy atom. The van der Waals surface area contributed by atoms with Gasteiger partial charge in [-0.2, -0.15) is 0 Å². The number of nitrogens with zero attached hydrogens (tertiary/aromatic N) is 1. The van der Waals surface area contributed by atoms with Gasteiger partial charge in [-0.05, 0) is 60.8 Å². The minimum atomic E-state index is -1.32. The second kappa shape index (κ2) is 14.6. The molecule has 2 saturated carbocycles. The Bertz CT molecular complexity index is 1450. The van der Waals surface area contributed by atoms with E-state index in [1.165, 1.54) is 11.8 Å². The van der Waals surface area contributed by atoms with E-state index in [1.807, 2.05) is 68.4 Å². The van der Waals surface area contributed by atoms with Gasteiger partial charge in [-0.3, -0.25) is 19.2 Å². The van der Waals surface area contributed by atoms with Crippen LogP contribution in [0.5, 0.6) is 5.75 Å². The molecule has 3 aliphatic rings. The number of aliphatic carboxylic acids is 1. The number of carboxylic acids is 1. The van der Waals surface area contributed by atoms with Gasteiger partial charge in [0.15, 0.2) is 0 Å². The maximum absolute atomic E-state index is 14.2. The molecule has 1 heterocycles. The maximum Gasteiger partial charge on any atom is 0.329 e. The van der Waals surface area contributed by atoms with Gasteiger partial charge in [0.25, 0.3) is 0 Å². The first kappa shape index (κ1) is 33.9. The number of hydrogen-bond acceptors (Lipinski definition) is 6. The van der Waals surface area contributed by atoms with E-state index in [1.54, 1.807) is 0 Å². The Kier molecular flexibility index (Phi) is 10.5. The molecule has 0 aromatic heterocycles. The first-order valence-electron chi connectivity index (χ1n) is 16.7. The number of likely N-dealkylation sites (tertiary alicyclic amines) is 1. The summed E-state index contributed by atoms with van der Waals surface area (Å²) in [5.74, 6) is -2.65. The zero-order chi connectivity index (χ0) is 33.7. The van der Waals surface area contributed by atoms with Crippen LogP contribution in [-0.4, -0.2) is 75.9 Å². The number of carbonyl (C=O) groups excluding carboxylic acids is 4. The average Bonchev–Trinajstić information content (AvgIpc) is 3.73. The van der Waals surface area contributed by atoms with Crippen molar-refractivity contribution in [2.45, 2.75) is 102 Å². The molecule has 0 unspecified atom stereocenters. The summed E-state index contributed by atoms with van der Waals surface area (Å²) in [5, 5.41) is 18.1. The van der Waals surface area contributed by atoms with Crippen molar-refractivity contribution in [3.63, 3.8) is 0 Å². The van der Waals surface area contributed by atoms with E-state index < -0.39 is 53.5 Å². The van der Waals surface area contributed by atoms with Crippen molar-refractivity contribution in [1.82, 2.24) is 20.9 Å². The molecule has 252 valence electrons. The number of nitrogens with one attached hydrogen (secondary N) is 3. The molecule has 2 aliphatic carbocycles. The molecule has 0 spiro atoms. The topological polar surface area (TPSA) is 154 Å². The molecule has 4 atom stereocenters. The van der Waals surface area contributed by atoms with Crippen LogP contribution in [0.4, 0.5) is 0 Å². The molecular formula is C36H46N4O7. The van der Waals surface area contributed by atoms with Crippen LogP contribution in [0.25, 0.3) is 11.1 Å². The summed E-state index contributed by atoms with van der Waals surface area (Å²) in [4.78, 5) is 66.9. The zero-order valence-corrected chi connectivity index (χ0v) is 27.4. The van der Waals surface area contributed by atoms with Gasteiger partial charge in [0, 0.05) is 13.3 Å². The van der Waals surface area contributed by atoms with Crippen molar-refractivity contribution >= 4 is 29.6 Å². The number of carboxylic acid groups (broad SMARTS) is 1. The van der Waals surface area contributed by atoms with Crippen molar-refractivity contribution < 1.29 is 33.8 Å². The average molecular weight is 647 g/mol. The monoisotopic (exact) mass is 646 g/mol. The van der Waals surface area contributed by atoms with E-state index in [9.17, 15) is 29.1 Å². The molecule has 5 rings (SSSR count). The summed E-state index contributed by atoms with van der Waals surface area (Å²) < 4.78 is 6.28. The molecular weight excluding hydrogens is 600 g/mol. The van der Waals surface area contributed by atoms with Crippen LogP contribution in [0, 0.1) is 11.8 Å². The highest BCUT2D eigenvalue weighted by atomic mass is 16.5. The summed E-state index contributed by atoms with van der Waals surface area (Å²) in [5.41, 5.74) is 0.755. The molecule has 11 nitrogen and oxygen atoms in total. The highest BCUT2D eigenvalue weighted by Crippen LogP contribution is 2.36. The molecule has 1 aliphatic heterocycles. The smallest absolute Gasteiger partial charge is 0.329 e. The number of rotatable bonds is 12. The fraction of sp³-hybridized carbons (Fsp3) is 0.528. The molecule has 0 radical (unpaired) electrons. The van der Waals surface area contributed by atoms with Crippen molar-refractivity contribution in [2.75, 3.05) is 6.54 Å². The highest BCUT2D eigenvalue weighted by Gasteiger charge is 2.54. The first-order chi connectivity index (χ1) is 22.5. The predicted octanol–water partition coefficient (Wildman–Crippen LogP) is 3.66. The summed E-state index contributed by atoms with van der Waals surface area (Å²) in [6.45, 7) is 5.08. The van der Waals surface area contributed by atoms with Crippen molar-refractivity contribution in [1.29, 1.82) is 0 Å². The van der Waals surface area contributed by atoms with Crippen molar-refractivity contribution in [2.24, 2.45) is 11.8 Å². The van der Waals surface area contributed by atoms with Crippen LogP contribution in [0.1, 0.15) is 72.1 Å². The van der Waals surface area contributed by atoms with Gasteiger partial charge >= 0.3 is 5.97 Å². The molecule has 47 heavy (non-hydrogen) atoms. The first-order valence-corrected chi connectivity index (χ1v) is 16.7. The van der Waals surface area contributed by atoms with Crippen molar-refractivity contribution in [3.8, 4) is 16.9 Å². The third kappa shape index (κ3) is 8.12. The van der Waals surface area contributed by atoms with Gasteiger partial charge in [0.2, 0.25) is 23.6 Å². The lowest BCUT2D eigenvalue weighted by atomic mass is 9.83. The lowest BCUT2D eigenvalue weighted by molar-refractivity contribution is -0.146. The minimum Gasteiger partial charge on any atom is -0.488 e. The molecule has 2 aromatic rings. The van der Waals surface area contributed by atoms with Gasteiger partial charge in [0.1, 0.15) is 35.5 Å². The predicted molar refractivity (Wildman–Crippen MR) is 175 cm³/mol. The second-order valence-corrected chi connectivity index (χ2v) is 13.6. The fourth-order valence-corrected chi connectivity index (χ4v) is 6.78. The summed E-state index contributed by atoms with van der Waals surface area (Å²) in [6, 6.07) is 14.8. The van der Waals surface area contributed by atoms with Crippen LogP contribution < -0.4 is 20.7 Å². The number of benzene rings is 2. The second-order valence-electron chi connectivity index (χ2n) is 13.6. The Hall–Kier alpha value is -4.41. The van der Waals surface area contributed by atoms with Crippen LogP contribution >= 0.6 is 0 Å². The normalized spacial score (nSPS) is 21.7. The van der Waals surface area contributed by atoms with Crippen LogP contribution in [-0.2, 0) is 24.0 Å². The van der Waals surface area contributed by atoms with Crippen LogP contribution in [0.15, 0.2) is 54.6 Å². The van der Waals surface area contributed by atoms with E-state index in [4.69, 9.17) is 4.74 Å². The van der Waals surface area contributed by atoms with E-state index in [0.29, 0.717) is 18.6 Å². The van der Waals surface area contributed by atoms with Crippen LogP contribution in [0.3, 0.4) is 0 Å². The number of hydrogen-bond donors (Lipinski definition) is 4. The Morgan fingerprint density at radius 2 is 1.53 bits per heavy atom. The lowest BCUT2D eigenvalue weighted by Gasteiger charge is -2.34. The molecule has 2 aromatic carbocycles. The summed E-state index contributed by atoms with van der Waals surface area (Å²) in [7, 11) is 0. The Labute approximate surface area is 275 Å². The van der Waals surface area contributed by atoms with E-state index in [-0.39, 0.29) is 30.7 Å². The molecule has 3 fully saturated rings. The SMILES string of the molecule is CC(=O)N[C@H](C(=O)N[C@H](C(=O)N1C[C@H](Oc2ccc(-c3ccccc3)cc2)C[C@H]1C(=O)NC1(C(=O)O)CC1)C(C)C)C1CCCCC1. The van der Waals surface area contributed by atoms with Crippen LogP contribution in [0.2, 0.25) is 0 Å². The largest absolute Gasteiger partial charge is 0.488 e. The van der Waals surface area contributed by atoms with E-state index in [0.717, 1.165) is 43.2 Å². The fourth-order valence-electron chi connectivity index (χ4n) is 6.78. The van der Waals surface area contributed by atoms with E-state index >= 15 is 0 Å². The Balaban J connectivity index is 1.34. The maximum atomic E-state index is 14.2. The number of carbonyl (C=O) groups is 5. The van der Waals surface area contributed by atoms with E-state index in [2.05, 4.69) is 16.0 Å². The highest BCUT2D eigenvalue weighted by molar-refractivity contribution is 5.96.